The van der Waals surface area contributed by atoms with Crippen LogP contribution in [-0.4, -0.2) is 33.1 Å². The number of ether oxygens (including phenoxy) is 2. The van der Waals surface area contributed by atoms with E-state index in [1.165, 1.54) is 0 Å². The second-order valence-electron chi connectivity index (χ2n) is 9.01. The number of rotatable bonds is 8. The van der Waals surface area contributed by atoms with Crippen LogP contribution >= 0.6 is 0 Å². The first-order chi connectivity index (χ1) is 18.7. The molecule has 0 saturated heterocycles. The molecule has 6 aromatic rings. The molecule has 7 heteroatoms. The molecule has 0 fully saturated rings. The summed E-state index contributed by atoms with van der Waals surface area (Å²) in [5.74, 6) is 1.09. The molecule has 0 amide bonds. The van der Waals surface area contributed by atoms with E-state index in [0.29, 0.717) is 19.4 Å². The van der Waals surface area contributed by atoms with E-state index >= 15 is 0 Å². The van der Waals surface area contributed by atoms with E-state index in [-0.39, 0.29) is 5.88 Å². The van der Waals surface area contributed by atoms with E-state index in [9.17, 15) is 9.90 Å². The average molecular weight is 504 g/mol. The predicted molar refractivity (Wildman–Crippen MR) is 148 cm³/mol. The zero-order valence-corrected chi connectivity index (χ0v) is 20.5. The van der Waals surface area contributed by atoms with Crippen LogP contribution in [0.4, 0.5) is 4.79 Å². The van der Waals surface area contributed by atoms with Gasteiger partial charge in [-0.2, -0.15) is 5.10 Å². The maximum Gasteiger partial charge on any atom is 0.512 e. The number of nitrogens with zero attached hydrogens (tertiary/aromatic N) is 1. The molecule has 7 nitrogen and oxygen atoms in total. The number of fused-ring (bicyclic) bond motifs is 2. The summed E-state index contributed by atoms with van der Waals surface area (Å²) < 4.78 is 11.3. The standard InChI is InChI=1S/C31H25N3O4/c35-31(36)38-30-26(11-5-19-37-28-12-3-7-20-6-1-2-8-23(20)28)25-10-4-9-24(29(25)33-30)21-13-15-22(16-14-21)27-17-18-32-34-27/h1-4,6-10,12-18,33H,5,11,19H2,(H,32,34)(H,35,36). The highest BCUT2D eigenvalue weighted by molar-refractivity contribution is 5.98. The van der Waals surface area contributed by atoms with Crippen LogP contribution in [-0.2, 0) is 6.42 Å². The van der Waals surface area contributed by atoms with Crippen molar-refractivity contribution in [1.82, 2.24) is 15.2 Å². The molecule has 0 atom stereocenters. The second kappa shape index (κ2) is 10.1. The fourth-order valence-corrected chi connectivity index (χ4v) is 4.91. The Morgan fingerprint density at radius 2 is 1.61 bits per heavy atom. The smallest absolute Gasteiger partial charge is 0.493 e. The van der Waals surface area contributed by atoms with E-state index < -0.39 is 6.16 Å². The van der Waals surface area contributed by atoms with Gasteiger partial charge in [0.1, 0.15) is 5.75 Å². The summed E-state index contributed by atoms with van der Waals surface area (Å²) in [7, 11) is 0. The Bertz CT molecular complexity index is 1720. The maximum absolute atomic E-state index is 11.5. The average Bonchev–Trinajstić information content (AvgIpc) is 3.59. The number of benzene rings is 4. The molecule has 3 N–H and O–H groups in total. The lowest BCUT2D eigenvalue weighted by atomic mass is 9.99. The number of nitrogens with one attached hydrogen (secondary N) is 2. The summed E-state index contributed by atoms with van der Waals surface area (Å²) in [4.78, 5) is 14.7. The van der Waals surface area contributed by atoms with Gasteiger partial charge in [0.25, 0.3) is 0 Å². The Balaban J connectivity index is 1.26. The zero-order chi connectivity index (χ0) is 25.9. The van der Waals surface area contributed by atoms with Crippen LogP contribution in [0.15, 0.2) is 97.2 Å². The van der Waals surface area contributed by atoms with Crippen molar-refractivity contribution in [3.05, 3.63) is 103 Å². The Morgan fingerprint density at radius 1 is 0.842 bits per heavy atom. The lowest BCUT2D eigenvalue weighted by Crippen LogP contribution is -2.06. The lowest BCUT2D eigenvalue weighted by Gasteiger charge is -2.10. The summed E-state index contributed by atoms with van der Waals surface area (Å²) >= 11 is 0. The van der Waals surface area contributed by atoms with E-state index in [1.54, 1.807) is 6.20 Å². The largest absolute Gasteiger partial charge is 0.512 e. The van der Waals surface area contributed by atoms with Gasteiger partial charge in [-0.15, -0.1) is 0 Å². The highest BCUT2D eigenvalue weighted by Crippen LogP contribution is 2.36. The molecule has 0 bridgehead atoms. The summed E-state index contributed by atoms with van der Waals surface area (Å²) in [6, 6.07) is 30.2. The topological polar surface area (TPSA) is 100 Å². The minimum absolute atomic E-state index is 0.249. The normalized spacial score (nSPS) is 11.2. The summed E-state index contributed by atoms with van der Waals surface area (Å²) in [6.07, 6.45) is 1.65. The minimum atomic E-state index is -1.35. The number of H-pyrrole nitrogens is 2. The molecule has 0 saturated carbocycles. The SMILES string of the molecule is O=C(O)Oc1[nH]c2c(-c3ccc(-c4ccn[nH]4)cc3)cccc2c1CCCOc1cccc2ccccc12. The van der Waals surface area contributed by atoms with E-state index in [4.69, 9.17) is 9.47 Å². The summed E-state index contributed by atoms with van der Waals surface area (Å²) in [5.41, 5.74) is 5.61. The van der Waals surface area contributed by atoms with Crippen LogP contribution in [0.3, 0.4) is 0 Å². The Labute approximate surface area is 218 Å². The van der Waals surface area contributed by atoms with Gasteiger partial charge in [-0.05, 0) is 41.5 Å². The number of hydrogen-bond donors (Lipinski definition) is 3. The van der Waals surface area contributed by atoms with Gasteiger partial charge in [0, 0.05) is 28.1 Å². The van der Waals surface area contributed by atoms with Crippen LogP contribution in [0.5, 0.6) is 11.6 Å². The summed E-state index contributed by atoms with van der Waals surface area (Å²) in [6.45, 7) is 0.488. The maximum atomic E-state index is 11.5. The molecule has 38 heavy (non-hydrogen) atoms. The zero-order valence-electron chi connectivity index (χ0n) is 20.5. The van der Waals surface area contributed by atoms with E-state index in [2.05, 4.69) is 27.3 Å². The monoisotopic (exact) mass is 503 g/mol. The number of carboxylic acid groups (broad SMARTS) is 1. The third-order valence-electron chi connectivity index (χ3n) is 6.68. The highest BCUT2D eigenvalue weighted by Gasteiger charge is 2.18. The lowest BCUT2D eigenvalue weighted by molar-refractivity contribution is 0.142. The quantitative estimate of drug-likeness (QED) is 0.148. The number of aromatic nitrogens is 3. The number of hydrogen-bond acceptors (Lipinski definition) is 4. The third-order valence-corrected chi connectivity index (χ3v) is 6.68. The minimum Gasteiger partial charge on any atom is -0.493 e. The van der Waals surface area contributed by atoms with Crippen LogP contribution in [0, 0.1) is 0 Å². The van der Waals surface area contributed by atoms with Crippen LogP contribution in [0.1, 0.15) is 12.0 Å². The van der Waals surface area contributed by atoms with E-state index in [1.807, 2.05) is 78.9 Å². The first kappa shape index (κ1) is 23.4. The number of para-hydroxylation sites is 1. The van der Waals surface area contributed by atoms with Crippen molar-refractivity contribution in [3.8, 4) is 34.0 Å². The van der Waals surface area contributed by atoms with E-state index in [0.717, 1.165) is 55.4 Å². The Kier molecular flexibility index (Phi) is 6.24. The number of carbonyl (C=O) groups is 1. The van der Waals surface area contributed by atoms with Crippen LogP contribution < -0.4 is 9.47 Å². The molecule has 2 aromatic heterocycles. The van der Waals surface area contributed by atoms with Gasteiger partial charge in [-0.1, -0.05) is 78.9 Å². The molecule has 0 radical (unpaired) electrons. The van der Waals surface area contributed by atoms with Crippen LogP contribution in [0.2, 0.25) is 0 Å². The van der Waals surface area contributed by atoms with Gasteiger partial charge < -0.3 is 19.6 Å². The van der Waals surface area contributed by atoms with Crippen molar-refractivity contribution in [2.24, 2.45) is 0 Å². The number of aryl methyl sites for hydroxylation is 1. The molecular formula is C31H25N3O4. The molecular weight excluding hydrogens is 478 g/mol. The van der Waals surface area contributed by atoms with Crippen molar-refractivity contribution < 1.29 is 19.4 Å². The second-order valence-corrected chi connectivity index (χ2v) is 9.01. The fraction of sp³-hybridized carbons (Fsp3) is 0.0968. The molecule has 0 aliphatic carbocycles. The third kappa shape index (κ3) is 4.57. The van der Waals surface area contributed by atoms with Gasteiger partial charge in [0.2, 0.25) is 5.88 Å². The predicted octanol–water partition coefficient (Wildman–Crippen LogP) is 7.45. The molecule has 0 aliphatic heterocycles. The number of aromatic amines is 2. The molecule has 0 aliphatic rings. The van der Waals surface area contributed by atoms with Crippen molar-refractivity contribution in [2.75, 3.05) is 6.61 Å². The van der Waals surface area contributed by atoms with Crippen molar-refractivity contribution in [3.63, 3.8) is 0 Å². The first-order valence-corrected chi connectivity index (χ1v) is 12.4. The Hall–Kier alpha value is -5.04. The molecule has 2 heterocycles. The van der Waals surface area contributed by atoms with Gasteiger partial charge in [0.05, 0.1) is 17.8 Å². The van der Waals surface area contributed by atoms with Gasteiger partial charge >= 0.3 is 6.16 Å². The first-order valence-electron chi connectivity index (χ1n) is 12.4. The van der Waals surface area contributed by atoms with Gasteiger partial charge in [-0.25, -0.2) is 4.79 Å². The fourth-order valence-electron chi connectivity index (χ4n) is 4.91. The molecule has 0 spiro atoms. The van der Waals surface area contributed by atoms with Crippen molar-refractivity contribution >= 4 is 27.8 Å². The van der Waals surface area contributed by atoms with Gasteiger partial charge in [-0.3, -0.25) is 5.10 Å². The molecule has 4 aromatic carbocycles. The molecule has 6 rings (SSSR count). The summed E-state index contributed by atoms with van der Waals surface area (Å²) in [5, 5.41) is 19.5. The van der Waals surface area contributed by atoms with Crippen LogP contribution in [0.25, 0.3) is 44.1 Å². The molecule has 188 valence electrons. The van der Waals surface area contributed by atoms with Gasteiger partial charge in [0.15, 0.2) is 0 Å². The van der Waals surface area contributed by atoms with Crippen molar-refractivity contribution in [2.45, 2.75) is 12.8 Å². The highest BCUT2D eigenvalue weighted by atomic mass is 16.7. The Morgan fingerprint density at radius 3 is 2.42 bits per heavy atom. The van der Waals surface area contributed by atoms with Crippen molar-refractivity contribution in [1.29, 1.82) is 0 Å². The molecule has 0 unspecified atom stereocenters.